The molecule has 4 aliphatic rings. The summed E-state index contributed by atoms with van der Waals surface area (Å²) in [7, 11) is 0. The molecule has 0 aromatic rings. The summed E-state index contributed by atoms with van der Waals surface area (Å²) in [6.07, 6.45) is -0.451. The third kappa shape index (κ3) is 7.98. The van der Waals surface area contributed by atoms with Gasteiger partial charge in [-0.15, -0.1) is 0 Å². The van der Waals surface area contributed by atoms with E-state index in [9.17, 15) is 5.11 Å². The second-order valence-corrected chi connectivity index (χ2v) is 15.2. The van der Waals surface area contributed by atoms with Crippen LogP contribution in [0.15, 0.2) is 0 Å². The molecule has 4 rings (SSSR count). The van der Waals surface area contributed by atoms with Crippen LogP contribution >= 0.6 is 0 Å². The fourth-order valence-electron chi connectivity index (χ4n) is 7.81. The lowest BCUT2D eigenvalue weighted by atomic mass is 9.77. The third-order valence-electron chi connectivity index (χ3n) is 12.5. The largest absolute Gasteiger partial charge is 0.368 e. The highest BCUT2D eigenvalue weighted by Gasteiger charge is 2.46. The summed E-state index contributed by atoms with van der Waals surface area (Å²) in [5.41, 5.74) is 0. The molecule has 0 amide bonds. The molecule has 0 saturated carbocycles. The van der Waals surface area contributed by atoms with E-state index < -0.39 is 6.29 Å². The van der Waals surface area contributed by atoms with E-state index in [4.69, 9.17) is 33.2 Å². The van der Waals surface area contributed by atoms with Gasteiger partial charge in [-0.3, -0.25) is 0 Å². The van der Waals surface area contributed by atoms with Gasteiger partial charge in [-0.05, 0) is 62.7 Å². The van der Waals surface area contributed by atoms with Gasteiger partial charge >= 0.3 is 0 Å². The number of hydrogen-bond donors (Lipinski definition) is 1. The van der Waals surface area contributed by atoms with Crippen LogP contribution in [0.25, 0.3) is 0 Å². The standard InChI is InChI=1S/C35H64O8/c1-17-13-18(2)40-33(19(17)3)37-14-29-25(9)28(12)42-35(26(29)10)38-15-30-22(6)23(7)32(36)43-31(30)16-39-34-24(8)20(4)21(5)27(11)41-34/h17-36H,13-16H2,1-12H3/t17-,18?,19?,20+,21+,22-,23?,24?,25-,26?,27?,28?,29+,30+,31?,32?,33+,34+,35+/m0/s1. The van der Waals surface area contributed by atoms with E-state index in [2.05, 4.69) is 76.2 Å². The van der Waals surface area contributed by atoms with E-state index in [0.717, 1.165) is 6.42 Å². The summed E-state index contributed by atoms with van der Waals surface area (Å²) < 4.78 is 44.6. The molecule has 4 saturated heterocycles. The van der Waals surface area contributed by atoms with Crippen LogP contribution < -0.4 is 0 Å². The maximum absolute atomic E-state index is 10.7. The Morgan fingerprint density at radius 1 is 0.488 bits per heavy atom. The average molecular weight is 613 g/mol. The first kappa shape index (κ1) is 35.5. The smallest absolute Gasteiger partial charge is 0.160 e. The molecule has 43 heavy (non-hydrogen) atoms. The van der Waals surface area contributed by atoms with Crippen molar-refractivity contribution in [2.45, 2.75) is 139 Å². The Kier molecular flexibility index (Phi) is 12.4. The molecule has 252 valence electrons. The maximum atomic E-state index is 10.7. The van der Waals surface area contributed by atoms with Crippen LogP contribution in [0.2, 0.25) is 0 Å². The van der Waals surface area contributed by atoms with E-state index in [0.29, 0.717) is 49.4 Å². The van der Waals surface area contributed by atoms with Crippen LogP contribution in [-0.2, 0) is 33.2 Å². The molecule has 19 atom stereocenters. The van der Waals surface area contributed by atoms with Crippen molar-refractivity contribution in [1.82, 2.24) is 0 Å². The van der Waals surface area contributed by atoms with E-state index in [1.165, 1.54) is 0 Å². The van der Waals surface area contributed by atoms with Gasteiger partial charge in [0.2, 0.25) is 0 Å². The molecule has 4 fully saturated rings. The number of rotatable bonds is 9. The molecular weight excluding hydrogens is 548 g/mol. The lowest BCUT2D eigenvalue weighted by Gasteiger charge is -2.47. The van der Waals surface area contributed by atoms with Crippen LogP contribution in [0.4, 0.5) is 0 Å². The molecule has 4 heterocycles. The Morgan fingerprint density at radius 3 is 1.67 bits per heavy atom. The van der Waals surface area contributed by atoms with Crippen molar-refractivity contribution in [2.24, 2.45) is 65.1 Å². The zero-order valence-electron chi connectivity index (χ0n) is 29.1. The summed E-state index contributed by atoms with van der Waals surface area (Å²) >= 11 is 0. The molecule has 8 nitrogen and oxygen atoms in total. The number of aliphatic hydroxyl groups excluding tert-OH is 1. The highest BCUT2D eigenvalue weighted by Crippen LogP contribution is 2.41. The molecule has 0 spiro atoms. The summed E-state index contributed by atoms with van der Waals surface area (Å²) in [6.45, 7) is 27.8. The minimum Gasteiger partial charge on any atom is -0.368 e. The Bertz CT molecular complexity index is 858. The molecule has 1 N–H and O–H groups in total. The number of aliphatic hydroxyl groups is 1. The van der Waals surface area contributed by atoms with E-state index in [1.807, 2.05) is 6.92 Å². The quantitative estimate of drug-likeness (QED) is 0.323. The van der Waals surface area contributed by atoms with Gasteiger partial charge in [0.05, 0.1) is 44.2 Å². The Labute approximate surface area is 262 Å². The van der Waals surface area contributed by atoms with Gasteiger partial charge in [0.1, 0.15) is 0 Å². The van der Waals surface area contributed by atoms with Gasteiger partial charge in [-0.25, -0.2) is 0 Å². The second kappa shape index (κ2) is 15.1. The summed E-state index contributed by atoms with van der Waals surface area (Å²) in [5.74, 6) is 3.19. The first-order valence-electron chi connectivity index (χ1n) is 17.4. The molecule has 4 aliphatic heterocycles. The van der Waals surface area contributed by atoms with Crippen LogP contribution in [0.5, 0.6) is 0 Å². The van der Waals surface area contributed by atoms with Gasteiger partial charge in [0.25, 0.3) is 0 Å². The highest BCUT2D eigenvalue weighted by atomic mass is 16.7. The molecule has 0 aromatic heterocycles. The summed E-state index contributed by atoms with van der Waals surface area (Å²) in [5, 5.41) is 10.7. The third-order valence-corrected chi connectivity index (χ3v) is 12.5. The minimum atomic E-state index is -0.829. The fourth-order valence-corrected chi connectivity index (χ4v) is 7.81. The second-order valence-electron chi connectivity index (χ2n) is 15.2. The van der Waals surface area contributed by atoms with Crippen molar-refractivity contribution in [2.75, 3.05) is 19.8 Å². The van der Waals surface area contributed by atoms with E-state index in [-0.39, 0.29) is 78.8 Å². The predicted octanol–water partition coefficient (Wildman–Crippen LogP) is 6.34. The molecule has 8 heteroatoms. The van der Waals surface area contributed by atoms with E-state index in [1.54, 1.807) is 0 Å². The molecule has 9 unspecified atom stereocenters. The lowest BCUT2D eigenvalue weighted by molar-refractivity contribution is -0.298. The molecule has 0 aliphatic carbocycles. The Morgan fingerprint density at radius 2 is 1.02 bits per heavy atom. The fraction of sp³-hybridized carbons (Fsp3) is 1.00. The van der Waals surface area contributed by atoms with Gasteiger partial charge in [-0.1, -0.05) is 62.3 Å². The molecular formula is C35H64O8. The van der Waals surface area contributed by atoms with Crippen molar-refractivity contribution in [1.29, 1.82) is 0 Å². The normalized spacial score (nSPS) is 53.1. The molecule has 0 radical (unpaired) electrons. The van der Waals surface area contributed by atoms with Crippen molar-refractivity contribution >= 4 is 0 Å². The van der Waals surface area contributed by atoms with Crippen molar-refractivity contribution in [3.05, 3.63) is 0 Å². The van der Waals surface area contributed by atoms with Gasteiger partial charge in [0, 0.05) is 29.6 Å². The predicted molar refractivity (Wildman–Crippen MR) is 166 cm³/mol. The van der Waals surface area contributed by atoms with Crippen LogP contribution in [0, 0.1) is 65.1 Å². The monoisotopic (exact) mass is 612 g/mol. The van der Waals surface area contributed by atoms with Gasteiger partial charge < -0.3 is 38.3 Å². The Balaban J connectivity index is 1.38. The van der Waals surface area contributed by atoms with Gasteiger partial charge in [0.15, 0.2) is 25.2 Å². The highest BCUT2D eigenvalue weighted by molar-refractivity contribution is 4.88. The van der Waals surface area contributed by atoms with E-state index >= 15 is 0 Å². The first-order valence-corrected chi connectivity index (χ1v) is 17.4. The maximum Gasteiger partial charge on any atom is 0.160 e. The van der Waals surface area contributed by atoms with Crippen LogP contribution in [-0.4, -0.2) is 74.5 Å². The van der Waals surface area contributed by atoms with Gasteiger partial charge in [-0.2, -0.15) is 0 Å². The first-order chi connectivity index (χ1) is 20.2. The zero-order chi connectivity index (χ0) is 31.7. The summed E-state index contributed by atoms with van der Waals surface area (Å²) in [6, 6.07) is 0. The average Bonchev–Trinajstić information content (AvgIpc) is 2.96. The molecule has 0 aromatic carbocycles. The zero-order valence-corrected chi connectivity index (χ0v) is 29.1. The summed E-state index contributed by atoms with van der Waals surface area (Å²) in [4.78, 5) is 0. The van der Waals surface area contributed by atoms with Crippen molar-refractivity contribution < 1.29 is 38.3 Å². The van der Waals surface area contributed by atoms with Crippen LogP contribution in [0.1, 0.15) is 89.5 Å². The topological polar surface area (TPSA) is 84.8 Å². The minimum absolute atomic E-state index is 0.0114. The van der Waals surface area contributed by atoms with Crippen molar-refractivity contribution in [3.8, 4) is 0 Å². The Hall–Kier alpha value is -0.320. The lowest BCUT2D eigenvalue weighted by Crippen LogP contribution is -2.53. The molecule has 0 bridgehead atoms. The SMILES string of the molecule is CC1C[C@H](C)C(C)[C@H](OC[C@H]2C(C)[C@H](OC[C@H]3C(CO[C@@H]4OC(C)[C@H](C)[C@@H](C)C4C)OC(O)C(C)[C@@H]3C)OC(C)[C@@H]2C)O1. The van der Waals surface area contributed by atoms with Crippen molar-refractivity contribution in [3.63, 3.8) is 0 Å². The number of ether oxygens (including phenoxy) is 7. The number of hydrogen-bond acceptors (Lipinski definition) is 8. The van der Waals surface area contributed by atoms with Crippen LogP contribution in [0.3, 0.4) is 0 Å².